The number of nitrogens with one attached hydrogen (secondary N) is 1. The summed E-state index contributed by atoms with van der Waals surface area (Å²) in [6, 6.07) is 14.3. The van der Waals surface area contributed by atoms with Crippen molar-refractivity contribution in [2.45, 2.75) is 36.0 Å². The Kier molecular flexibility index (Phi) is 8.75. The lowest BCUT2D eigenvalue weighted by molar-refractivity contribution is -0.113. The van der Waals surface area contributed by atoms with Gasteiger partial charge in [0.15, 0.2) is 20.8 Å². The van der Waals surface area contributed by atoms with E-state index in [4.69, 9.17) is 11.6 Å². The third-order valence-electron chi connectivity index (χ3n) is 5.21. The molecule has 1 N–H and O–H groups in total. The molecule has 34 heavy (non-hydrogen) atoms. The Hall–Kier alpha value is -2.40. The fourth-order valence-corrected chi connectivity index (χ4v) is 5.05. The molecule has 1 amide bonds. The second-order valence-electron chi connectivity index (χ2n) is 8.05. The monoisotopic (exact) mass is 521 g/mol. The van der Waals surface area contributed by atoms with Crippen LogP contribution in [0.4, 0.5) is 5.69 Å². The molecule has 2 aromatic carbocycles. The van der Waals surface area contributed by atoms with Gasteiger partial charge >= 0.3 is 0 Å². The minimum Gasteiger partial charge on any atom is -0.324 e. The average Bonchev–Trinajstić information content (AvgIpc) is 3.16. The maximum absolute atomic E-state index is 12.7. The first kappa shape index (κ1) is 26.2. The van der Waals surface area contributed by atoms with Crippen LogP contribution in [-0.2, 0) is 21.2 Å². The molecule has 0 saturated carbocycles. The maximum Gasteiger partial charge on any atom is 0.234 e. The third-order valence-corrected chi connectivity index (χ3v) is 7.62. The Balaban J connectivity index is 1.80. The number of halogens is 1. The summed E-state index contributed by atoms with van der Waals surface area (Å²) in [4.78, 5) is 14.9. The molecule has 3 rings (SSSR count). The van der Waals surface area contributed by atoms with E-state index in [1.54, 1.807) is 0 Å². The highest BCUT2D eigenvalue weighted by Crippen LogP contribution is 2.28. The quantitative estimate of drug-likeness (QED) is 0.401. The van der Waals surface area contributed by atoms with Gasteiger partial charge in [0.25, 0.3) is 0 Å². The molecule has 0 bridgehead atoms. The zero-order chi connectivity index (χ0) is 24.9. The van der Waals surface area contributed by atoms with Gasteiger partial charge in [0, 0.05) is 6.26 Å². The van der Waals surface area contributed by atoms with Crippen LogP contribution in [0.25, 0.3) is 0 Å². The number of aromatic nitrogens is 3. The Morgan fingerprint density at radius 2 is 1.88 bits per heavy atom. The minimum absolute atomic E-state index is 0.0606. The van der Waals surface area contributed by atoms with E-state index in [1.807, 2.05) is 49.0 Å². The van der Waals surface area contributed by atoms with Crippen LogP contribution < -0.4 is 5.32 Å². The van der Waals surface area contributed by atoms with E-state index < -0.39 is 9.84 Å². The number of carbonyl (C=O) groups excluding carboxylic acids is 1. The van der Waals surface area contributed by atoms with Crippen LogP contribution in [0, 0.1) is 0 Å². The molecule has 1 aromatic heterocycles. The largest absolute Gasteiger partial charge is 0.324 e. The number of nitrogens with zero attached hydrogens (tertiary/aromatic N) is 4. The summed E-state index contributed by atoms with van der Waals surface area (Å²) in [5, 5.41) is 12.4. The van der Waals surface area contributed by atoms with Gasteiger partial charge in [-0.15, -0.1) is 10.2 Å². The van der Waals surface area contributed by atoms with Gasteiger partial charge in [0.05, 0.1) is 33.9 Å². The van der Waals surface area contributed by atoms with Gasteiger partial charge in [-0.2, -0.15) is 0 Å². The lowest BCUT2D eigenvalue weighted by Gasteiger charge is -2.23. The molecular formula is C23H28ClN5O3S2. The molecule has 0 aliphatic carbocycles. The summed E-state index contributed by atoms with van der Waals surface area (Å²) >= 11 is 7.43. The Morgan fingerprint density at radius 3 is 2.50 bits per heavy atom. The van der Waals surface area contributed by atoms with Crippen molar-refractivity contribution in [3.63, 3.8) is 0 Å². The molecule has 182 valence electrons. The molecule has 0 aliphatic heterocycles. The van der Waals surface area contributed by atoms with E-state index in [1.165, 1.54) is 30.0 Å². The molecule has 0 aliphatic rings. The van der Waals surface area contributed by atoms with Crippen molar-refractivity contribution in [2.75, 3.05) is 31.4 Å². The van der Waals surface area contributed by atoms with E-state index in [0.29, 0.717) is 11.7 Å². The molecule has 1 heterocycles. The smallest absolute Gasteiger partial charge is 0.234 e. The van der Waals surface area contributed by atoms with Crippen LogP contribution in [0.5, 0.6) is 0 Å². The van der Waals surface area contributed by atoms with Gasteiger partial charge in [-0.3, -0.25) is 9.69 Å². The molecule has 1 atom stereocenters. The fraction of sp³-hybridized carbons (Fsp3) is 0.348. The molecule has 8 nitrogen and oxygen atoms in total. The summed E-state index contributed by atoms with van der Waals surface area (Å²) in [7, 11) is 0.584. The lowest BCUT2D eigenvalue weighted by Crippen LogP contribution is -2.23. The lowest BCUT2D eigenvalue weighted by atomic mass is 10.2. The molecule has 0 spiro atoms. The van der Waals surface area contributed by atoms with Crippen LogP contribution in [0.2, 0.25) is 5.02 Å². The van der Waals surface area contributed by atoms with Crippen molar-refractivity contribution in [3.05, 3.63) is 64.9 Å². The van der Waals surface area contributed by atoms with Crippen molar-refractivity contribution >= 4 is 44.8 Å². The van der Waals surface area contributed by atoms with Gasteiger partial charge in [0.1, 0.15) is 0 Å². The zero-order valence-electron chi connectivity index (χ0n) is 19.5. The number of benzene rings is 2. The first-order valence-corrected chi connectivity index (χ1v) is 13.9. The van der Waals surface area contributed by atoms with Gasteiger partial charge < -0.3 is 9.88 Å². The van der Waals surface area contributed by atoms with Crippen LogP contribution >= 0.6 is 23.4 Å². The fourth-order valence-electron chi connectivity index (χ4n) is 3.49. The van der Waals surface area contributed by atoms with E-state index in [2.05, 4.69) is 27.3 Å². The number of anilines is 1. The van der Waals surface area contributed by atoms with Crippen molar-refractivity contribution in [1.29, 1.82) is 0 Å². The highest BCUT2D eigenvalue weighted by Gasteiger charge is 2.23. The first-order valence-electron chi connectivity index (χ1n) is 10.7. The van der Waals surface area contributed by atoms with Crippen LogP contribution in [-0.4, -0.2) is 60.1 Å². The van der Waals surface area contributed by atoms with E-state index in [0.717, 1.165) is 24.1 Å². The predicted octanol–water partition coefficient (Wildman–Crippen LogP) is 4.13. The summed E-state index contributed by atoms with van der Waals surface area (Å²) < 4.78 is 25.7. The van der Waals surface area contributed by atoms with Crippen molar-refractivity contribution in [1.82, 2.24) is 19.7 Å². The normalized spacial score (nSPS) is 12.6. The third kappa shape index (κ3) is 6.59. The number of hydrogen-bond donors (Lipinski definition) is 1. The summed E-state index contributed by atoms with van der Waals surface area (Å²) in [5.74, 6) is 0.571. The first-order chi connectivity index (χ1) is 16.1. The maximum atomic E-state index is 12.7. The highest BCUT2D eigenvalue weighted by atomic mass is 35.5. The Labute approximate surface area is 209 Å². The predicted molar refractivity (Wildman–Crippen MR) is 136 cm³/mol. The summed E-state index contributed by atoms with van der Waals surface area (Å²) in [5.41, 5.74) is 1.35. The number of hydrogen-bond acceptors (Lipinski definition) is 7. The van der Waals surface area contributed by atoms with Crippen molar-refractivity contribution in [3.8, 4) is 0 Å². The Morgan fingerprint density at radius 1 is 1.18 bits per heavy atom. The zero-order valence-corrected chi connectivity index (χ0v) is 21.9. The second kappa shape index (κ2) is 11.4. The van der Waals surface area contributed by atoms with E-state index in [-0.39, 0.29) is 33.3 Å². The van der Waals surface area contributed by atoms with Gasteiger partial charge in [0.2, 0.25) is 5.91 Å². The second-order valence-corrected chi connectivity index (χ2v) is 11.4. The SMILES string of the molecule is CC[C@@H](c1nnc(SCC(=O)Nc2cc(S(C)(=O)=O)ccc2Cl)n1Cc1ccccc1)N(C)C. The average molecular weight is 522 g/mol. The Bertz CT molecular complexity index is 1250. The van der Waals surface area contributed by atoms with E-state index >= 15 is 0 Å². The van der Waals surface area contributed by atoms with Crippen molar-refractivity contribution < 1.29 is 13.2 Å². The number of carbonyl (C=O) groups is 1. The highest BCUT2D eigenvalue weighted by molar-refractivity contribution is 7.99. The van der Waals surface area contributed by atoms with Crippen molar-refractivity contribution in [2.24, 2.45) is 0 Å². The minimum atomic E-state index is -3.42. The van der Waals surface area contributed by atoms with Crippen LogP contribution in [0.3, 0.4) is 0 Å². The van der Waals surface area contributed by atoms with E-state index in [9.17, 15) is 13.2 Å². The molecule has 0 saturated heterocycles. The number of amides is 1. The van der Waals surface area contributed by atoms with Gasteiger partial charge in [-0.1, -0.05) is 60.6 Å². The number of rotatable bonds is 10. The summed E-state index contributed by atoms with van der Waals surface area (Å²) in [6.07, 6.45) is 1.96. The number of sulfone groups is 1. The topological polar surface area (TPSA) is 97.2 Å². The molecule has 0 radical (unpaired) electrons. The standard InChI is InChI=1S/C23H28ClN5O3S2/c1-5-20(28(2)3)22-26-27-23(29(22)14-16-9-7-6-8-10-16)33-15-21(30)25-19-13-17(34(4,31)32)11-12-18(19)24/h6-13,20H,5,14-15H2,1-4H3,(H,25,30)/t20-/m0/s1. The molecular weight excluding hydrogens is 494 g/mol. The molecule has 0 unspecified atom stereocenters. The van der Waals surface area contributed by atoms with Crippen LogP contribution in [0.1, 0.15) is 30.8 Å². The molecule has 0 fully saturated rings. The van der Waals surface area contributed by atoms with Gasteiger partial charge in [-0.05, 0) is 44.3 Å². The summed E-state index contributed by atoms with van der Waals surface area (Å²) in [6.45, 7) is 2.68. The molecule has 3 aromatic rings. The molecule has 11 heteroatoms. The van der Waals surface area contributed by atoms with Gasteiger partial charge in [-0.25, -0.2) is 8.42 Å². The number of thioether (sulfide) groups is 1. The van der Waals surface area contributed by atoms with Crippen LogP contribution in [0.15, 0.2) is 58.6 Å².